The van der Waals surface area contributed by atoms with Gasteiger partial charge in [0.05, 0.1) is 27.9 Å². The quantitative estimate of drug-likeness (QED) is 0.552. The van der Waals surface area contributed by atoms with Crippen molar-refractivity contribution < 1.29 is 8.42 Å². The third kappa shape index (κ3) is 4.04. The monoisotopic (exact) mass is 443 g/mol. The molecule has 1 heterocycles. The van der Waals surface area contributed by atoms with Gasteiger partial charge < -0.3 is 0 Å². The van der Waals surface area contributed by atoms with Crippen molar-refractivity contribution in [1.29, 1.82) is 0 Å². The van der Waals surface area contributed by atoms with E-state index < -0.39 is 9.84 Å². The molecular weight excluding hydrogens is 422 g/mol. The minimum absolute atomic E-state index is 0.214. The summed E-state index contributed by atoms with van der Waals surface area (Å²) in [6.07, 6.45) is 4.18. The van der Waals surface area contributed by atoms with Crippen LogP contribution in [0.3, 0.4) is 0 Å². The summed E-state index contributed by atoms with van der Waals surface area (Å²) in [4.78, 5) is 5.15. The molecule has 0 N–H and O–H groups in total. The zero-order valence-electron chi connectivity index (χ0n) is 14.6. The van der Waals surface area contributed by atoms with Crippen molar-refractivity contribution in [3.8, 4) is 0 Å². The number of allylic oxidation sites excluding steroid dienone is 1. The van der Waals surface area contributed by atoms with Crippen molar-refractivity contribution in [2.24, 2.45) is 16.3 Å². The molecule has 0 radical (unpaired) electrons. The maximum absolute atomic E-state index is 13.1. The second-order valence-electron chi connectivity index (χ2n) is 7.73. The lowest BCUT2D eigenvalue weighted by molar-refractivity contribution is 0.0904. The zero-order valence-corrected chi connectivity index (χ0v) is 17.7. The van der Waals surface area contributed by atoms with Crippen LogP contribution in [0.1, 0.15) is 39.5 Å². The fraction of sp³-hybridized carbons (Fsp3) is 0.526. The van der Waals surface area contributed by atoms with Crippen LogP contribution in [0.25, 0.3) is 0 Å². The Labute approximate surface area is 163 Å². The normalized spacial score (nSPS) is 20.6. The van der Waals surface area contributed by atoms with Gasteiger partial charge in [0.15, 0.2) is 0 Å². The van der Waals surface area contributed by atoms with Gasteiger partial charge in [-0.25, -0.2) is 8.42 Å². The molecule has 1 aliphatic carbocycles. The van der Waals surface area contributed by atoms with Gasteiger partial charge in [-0.2, -0.15) is 0 Å². The summed E-state index contributed by atoms with van der Waals surface area (Å²) in [5, 5.41) is 0. The lowest BCUT2D eigenvalue weighted by Crippen LogP contribution is -2.31. The van der Waals surface area contributed by atoms with Crippen molar-refractivity contribution in [3.05, 3.63) is 39.2 Å². The Morgan fingerprint density at radius 3 is 2.44 bits per heavy atom. The number of nitrogens with zero attached hydrogens (tertiary/aromatic N) is 1. The summed E-state index contributed by atoms with van der Waals surface area (Å²) in [5.41, 5.74) is 2.03. The third-order valence-electron chi connectivity index (χ3n) is 5.16. The number of hydrogen-bond donors (Lipinski definition) is 0. The van der Waals surface area contributed by atoms with Crippen LogP contribution in [0.15, 0.2) is 49.1 Å². The summed E-state index contributed by atoms with van der Waals surface area (Å²) in [6.45, 7) is 4.78. The fourth-order valence-corrected chi connectivity index (χ4v) is 6.05. The van der Waals surface area contributed by atoms with Crippen LogP contribution >= 0.6 is 27.5 Å². The molecule has 25 heavy (non-hydrogen) atoms. The smallest absolute Gasteiger partial charge is 0.204 e. The van der Waals surface area contributed by atoms with Crippen molar-refractivity contribution in [2.45, 2.75) is 44.4 Å². The highest BCUT2D eigenvalue weighted by Crippen LogP contribution is 2.47. The van der Waals surface area contributed by atoms with Crippen LogP contribution in [0.4, 0.5) is 0 Å². The second kappa shape index (κ2) is 7.16. The summed E-state index contributed by atoms with van der Waals surface area (Å²) in [7, 11) is -3.52. The molecule has 6 heteroatoms. The molecular formula is C19H23BrClNO2S. The van der Waals surface area contributed by atoms with Crippen molar-refractivity contribution in [2.75, 3.05) is 12.4 Å². The molecule has 0 spiro atoms. The van der Waals surface area contributed by atoms with Crippen LogP contribution in [0.5, 0.6) is 0 Å². The molecule has 0 atom stereocenters. The Hall–Kier alpha value is -0.650. The molecule has 0 aromatic heterocycles. The number of aliphatic imine (C=N–C) groups is 1. The SMILES string of the molecule is CC1(C)CC(CCC2=C(S(=O)(=O)c3ccc(Br)cc3)CN=C2CCl)C1. The van der Waals surface area contributed by atoms with E-state index in [-0.39, 0.29) is 12.4 Å². The Bertz CT molecular complexity index is 817. The molecule has 3 nitrogen and oxygen atoms in total. The summed E-state index contributed by atoms with van der Waals surface area (Å²) in [6, 6.07) is 6.78. The predicted octanol–water partition coefficient (Wildman–Crippen LogP) is 5.39. The Morgan fingerprint density at radius 2 is 1.88 bits per heavy atom. The fourth-order valence-electron chi connectivity index (χ4n) is 3.98. The van der Waals surface area contributed by atoms with Gasteiger partial charge >= 0.3 is 0 Å². The van der Waals surface area contributed by atoms with Crippen LogP contribution in [0.2, 0.25) is 0 Å². The average molecular weight is 445 g/mol. The molecule has 1 saturated carbocycles. The topological polar surface area (TPSA) is 46.5 Å². The van der Waals surface area contributed by atoms with E-state index in [0.717, 1.165) is 28.6 Å². The molecule has 0 saturated heterocycles. The van der Waals surface area contributed by atoms with Gasteiger partial charge in [-0.1, -0.05) is 29.8 Å². The highest BCUT2D eigenvalue weighted by Gasteiger charge is 2.36. The molecule has 3 rings (SSSR count). The number of sulfone groups is 1. The molecule has 136 valence electrons. The van der Waals surface area contributed by atoms with E-state index in [1.165, 1.54) is 12.8 Å². The van der Waals surface area contributed by atoms with E-state index in [2.05, 4.69) is 34.8 Å². The molecule has 1 aromatic rings. The van der Waals surface area contributed by atoms with E-state index in [1.54, 1.807) is 24.3 Å². The molecule has 0 bridgehead atoms. The van der Waals surface area contributed by atoms with Crippen LogP contribution in [-0.2, 0) is 9.84 Å². The van der Waals surface area contributed by atoms with Crippen molar-refractivity contribution >= 4 is 43.1 Å². The van der Waals surface area contributed by atoms with Gasteiger partial charge in [-0.15, -0.1) is 11.6 Å². The first-order valence-electron chi connectivity index (χ1n) is 8.55. The number of halogens is 2. The van der Waals surface area contributed by atoms with Crippen molar-refractivity contribution in [1.82, 2.24) is 0 Å². The van der Waals surface area contributed by atoms with E-state index in [4.69, 9.17) is 11.6 Å². The average Bonchev–Trinajstić information content (AvgIpc) is 2.95. The first kappa shape index (κ1) is 19.1. The molecule has 1 fully saturated rings. The minimum atomic E-state index is -3.52. The maximum atomic E-state index is 13.1. The lowest BCUT2D eigenvalue weighted by atomic mass is 9.63. The first-order valence-corrected chi connectivity index (χ1v) is 11.4. The predicted molar refractivity (Wildman–Crippen MR) is 107 cm³/mol. The van der Waals surface area contributed by atoms with Gasteiger partial charge in [0.2, 0.25) is 9.84 Å². The van der Waals surface area contributed by atoms with Gasteiger partial charge in [0.25, 0.3) is 0 Å². The summed E-state index contributed by atoms with van der Waals surface area (Å²) in [5.74, 6) is 0.946. The largest absolute Gasteiger partial charge is 0.283 e. The summed E-state index contributed by atoms with van der Waals surface area (Å²) >= 11 is 9.37. The summed E-state index contributed by atoms with van der Waals surface area (Å²) < 4.78 is 27.0. The van der Waals surface area contributed by atoms with Crippen molar-refractivity contribution in [3.63, 3.8) is 0 Å². The Balaban J connectivity index is 1.84. The third-order valence-corrected chi connectivity index (χ3v) is 7.86. The van der Waals surface area contributed by atoms with Gasteiger partial charge in [0, 0.05) is 4.47 Å². The number of hydrogen-bond acceptors (Lipinski definition) is 3. The highest BCUT2D eigenvalue weighted by molar-refractivity contribution is 9.10. The highest BCUT2D eigenvalue weighted by atomic mass is 79.9. The molecule has 2 aliphatic rings. The standard InChI is InChI=1S/C19H23BrClNO2S/c1-19(2)9-13(10-19)3-8-16-17(11-21)22-12-18(16)25(23,24)15-6-4-14(20)5-7-15/h4-7,13H,3,8-12H2,1-2H3. The van der Waals surface area contributed by atoms with E-state index in [0.29, 0.717) is 21.1 Å². The minimum Gasteiger partial charge on any atom is -0.283 e. The number of rotatable bonds is 6. The Morgan fingerprint density at radius 1 is 1.24 bits per heavy atom. The van der Waals surface area contributed by atoms with E-state index in [1.807, 2.05) is 0 Å². The van der Waals surface area contributed by atoms with Gasteiger partial charge in [-0.05, 0) is 66.9 Å². The Kier molecular flexibility index (Phi) is 5.48. The van der Waals surface area contributed by atoms with Crippen LogP contribution in [0, 0.1) is 11.3 Å². The van der Waals surface area contributed by atoms with Crippen LogP contribution in [-0.4, -0.2) is 26.6 Å². The molecule has 0 amide bonds. The second-order valence-corrected chi connectivity index (χ2v) is 10.9. The zero-order chi connectivity index (χ0) is 18.2. The first-order chi connectivity index (χ1) is 11.7. The van der Waals surface area contributed by atoms with Gasteiger partial charge in [0.1, 0.15) is 0 Å². The molecule has 1 aliphatic heterocycles. The van der Waals surface area contributed by atoms with Gasteiger partial charge in [-0.3, -0.25) is 4.99 Å². The number of alkyl halides is 1. The van der Waals surface area contributed by atoms with E-state index in [9.17, 15) is 8.42 Å². The molecule has 1 aromatic carbocycles. The maximum Gasteiger partial charge on any atom is 0.204 e. The molecule has 0 unspecified atom stereocenters. The number of benzene rings is 1. The van der Waals surface area contributed by atoms with Crippen LogP contribution < -0.4 is 0 Å². The van der Waals surface area contributed by atoms with E-state index >= 15 is 0 Å². The lowest BCUT2D eigenvalue weighted by Gasteiger charge is -2.43.